The average molecular weight is 321 g/mol. The van der Waals surface area contributed by atoms with Crippen LogP contribution in [0.3, 0.4) is 0 Å². The Labute approximate surface area is 135 Å². The molecule has 1 fully saturated rings. The van der Waals surface area contributed by atoms with Gasteiger partial charge in [0.05, 0.1) is 12.7 Å². The lowest BCUT2D eigenvalue weighted by atomic mass is 10.0. The number of anilines is 1. The Morgan fingerprint density at radius 1 is 1.43 bits per heavy atom. The van der Waals surface area contributed by atoms with E-state index < -0.39 is 5.91 Å². The summed E-state index contributed by atoms with van der Waals surface area (Å²) in [7, 11) is 1.46. The molecule has 1 saturated heterocycles. The summed E-state index contributed by atoms with van der Waals surface area (Å²) in [6.45, 7) is 2.27. The maximum Gasteiger partial charge on any atom is 0.319 e. The van der Waals surface area contributed by atoms with Crippen LogP contribution in [-0.4, -0.2) is 38.8 Å². The summed E-state index contributed by atoms with van der Waals surface area (Å²) in [4.78, 5) is 23.2. The number of hydrogen-bond donors (Lipinski definition) is 3. The fraction of sp³-hybridized carbons (Fsp3) is 0.500. The first-order chi connectivity index (χ1) is 11.1. The minimum absolute atomic E-state index is 0.228. The Kier molecular flexibility index (Phi) is 6.22. The number of ether oxygens (including phenoxy) is 2. The molecule has 23 heavy (non-hydrogen) atoms. The van der Waals surface area contributed by atoms with Crippen molar-refractivity contribution in [1.82, 2.24) is 5.32 Å². The zero-order valence-electron chi connectivity index (χ0n) is 13.3. The molecular formula is C16H23N3O4. The van der Waals surface area contributed by atoms with Crippen molar-refractivity contribution in [3.63, 3.8) is 0 Å². The van der Waals surface area contributed by atoms with Gasteiger partial charge in [-0.3, -0.25) is 4.79 Å². The number of methoxy groups -OCH3 is 1. The molecule has 1 atom stereocenters. The number of hydrogen-bond acceptors (Lipinski definition) is 4. The molecule has 1 aromatic rings. The molecule has 1 heterocycles. The minimum Gasteiger partial charge on any atom is -0.496 e. The molecule has 126 valence electrons. The van der Waals surface area contributed by atoms with Gasteiger partial charge in [-0.25, -0.2) is 4.79 Å². The maximum atomic E-state index is 11.8. The second-order valence-corrected chi connectivity index (χ2v) is 5.53. The molecule has 3 amide bonds. The summed E-state index contributed by atoms with van der Waals surface area (Å²) in [6.07, 6.45) is 3.07. The molecule has 2 rings (SSSR count). The van der Waals surface area contributed by atoms with Crippen molar-refractivity contribution >= 4 is 17.6 Å². The van der Waals surface area contributed by atoms with Gasteiger partial charge in [0.15, 0.2) is 0 Å². The lowest BCUT2D eigenvalue weighted by Crippen LogP contribution is -2.30. The highest BCUT2D eigenvalue weighted by Crippen LogP contribution is 2.22. The normalized spacial score (nSPS) is 16.8. The monoisotopic (exact) mass is 321 g/mol. The predicted molar refractivity (Wildman–Crippen MR) is 86.7 cm³/mol. The topological polar surface area (TPSA) is 103 Å². The molecule has 0 aliphatic carbocycles. The molecule has 0 spiro atoms. The predicted octanol–water partition coefficient (Wildman–Crippen LogP) is 1.73. The van der Waals surface area contributed by atoms with Crippen LogP contribution in [-0.2, 0) is 4.74 Å². The van der Waals surface area contributed by atoms with Crippen LogP contribution in [0.25, 0.3) is 0 Å². The fourth-order valence-corrected chi connectivity index (χ4v) is 2.56. The quantitative estimate of drug-likeness (QED) is 0.665. The summed E-state index contributed by atoms with van der Waals surface area (Å²) < 4.78 is 10.4. The van der Waals surface area contributed by atoms with Crippen LogP contribution in [0.2, 0.25) is 0 Å². The number of urea groups is 1. The van der Waals surface area contributed by atoms with Crippen molar-refractivity contribution in [3.05, 3.63) is 23.8 Å². The van der Waals surface area contributed by atoms with Crippen LogP contribution in [0.1, 0.15) is 29.6 Å². The second-order valence-electron chi connectivity index (χ2n) is 5.53. The lowest BCUT2D eigenvalue weighted by molar-refractivity contribution is 0.0997. The van der Waals surface area contributed by atoms with E-state index in [9.17, 15) is 9.59 Å². The third kappa shape index (κ3) is 5.14. The highest BCUT2D eigenvalue weighted by atomic mass is 16.5. The smallest absolute Gasteiger partial charge is 0.319 e. The second kappa shape index (κ2) is 8.38. The Morgan fingerprint density at radius 3 is 2.91 bits per heavy atom. The summed E-state index contributed by atoms with van der Waals surface area (Å²) >= 11 is 0. The zero-order chi connectivity index (χ0) is 16.7. The van der Waals surface area contributed by atoms with E-state index in [1.165, 1.54) is 13.2 Å². The molecule has 7 nitrogen and oxygen atoms in total. The number of benzene rings is 1. The first-order valence-corrected chi connectivity index (χ1v) is 7.70. The first-order valence-electron chi connectivity index (χ1n) is 7.70. The van der Waals surface area contributed by atoms with Crippen LogP contribution in [0.15, 0.2) is 18.2 Å². The van der Waals surface area contributed by atoms with Gasteiger partial charge in [-0.1, -0.05) is 0 Å². The highest BCUT2D eigenvalue weighted by Gasteiger charge is 2.15. The van der Waals surface area contributed by atoms with Gasteiger partial charge in [0.2, 0.25) is 0 Å². The van der Waals surface area contributed by atoms with Crippen molar-refractivity contribution in [2.24, 2.45) is 11.7 Å². The maximum absolute atomic E-state index is 11.8. The van der Waals surface area contributed by atoms with Crippen LogP contribution in [0.5, 0.6) is 5.75 Å². The van der Waals surface area contributed by atoms with Crippen molar-refractivity contribution in [3.8, 4) is 5.75 Å². The van der Waals surface area contributed by atoms with Gasteiger partial charge in [-0.2, -0.15) is 0 Å². The Morgan fingerprint density at radius 2 is 2.26 bits per heavy atom. The standard InChI is InChI=1S/C16H23N3O4/c1-22-14-5-4-12(9-13(14)15(17)20)19-16(21)18-7-2-3-11-6-8-23-10-11/h4-5,9,11H,2-3,6-8,10H2,1H3,(H2,17,20)(H2,18,19,21)/t11-/m0/s1. The summed E-state index contributed by atoms with van der Waals surface area (Å²) in [5, 5.41) is 5.47. The molecule has 1 aliphatic heterocycles. The highest BCUT2D eigenvalue weighted by molar-refractivity contribution is 5.98. The van der Waals surface area contributed by atoms with Gasteiger partial charge in [-0.15, -0.1) is 0 Å². The van der Waals surface area contributed by atoms with E-state index >= 15 is 0 Å². The van der Waals surface area contributed by atoms with Crippen molar-refractivity contribution in [2.75, 3.05) is 32.2 Å². The van der Waals surface area contributed by atoms with Gasteiger partial charge in [-0.05, 0) is 43.4 Å². The largest absolute Gasteiger partial charge is 0.496 e. The molecule has 0 aromatic heterocycles. The number of carbonyl (C=O) groups excluding carboxylic acids is 2. The molecule has 1 aromatic carbocycles. The van der Waals surface area contributed by atoms with Gasteiger partial charge in [0, 0.05) is 25.4 Å². The van der Waals surface area contributed by atoms with Gasteiger partial charge in [0.25, 0.3) is 5.91 Å². The van der Waals surface area contributed by atoms with Crippen molar-refractivity contribution < 1.29 is 19.1 Å². The Balaban J connectivity index is 1.78. The lowest BCUT2D eigenvalue weighted by Gasteiger charge is -2.11. The third-order valence-corrected chi connectivity index (χ3v) is 3.82. The molecular weight excluding hydrogens is 298 g/mol. The first kappa shape index (κ1) is 17.1. The Hall–Kier alpha value is -2.28. The molecule has 0 bridgehead atoms. The Bertz CT molecular complexity index is 556. The summed E-state index contributed by atoms with van der Waals surface area (Å²) in [6, 6.07) is 4.43. The molecule has 0 unspecified atom stereocenters. The van der Waals surface area contributed by atoms with Crippen molar-refractivity contribution in [1.29, 1.82) is 0 Å². The number of carbonyl (C=O) groups is 2. The SMILES string of the molecule is COc1ccc(NC(=O)NCCC[C@H]2CCOC2)cc1C(N)=O. The van der Waals surface area contributed by atoms with E-state index in [-0.39, 0.29) is 11.6 Å². The van der Waals surface area contributed by atoms with Crippen LogP contribution >= 0.6 is 0 Å². The summed E-state index contributed by atoms with van der Waals surface area (Å²) in [5.74, 6) is 0.381. The average Bonchev–Trinajstić information content (AvgIpc) is 3.05. The van der Waals surface area contributed by atoms with Gasteiger partial charge >= 0.3 is 6.03 Å². The number of rotatable bonds is 7. The van der Waals surface area contributed by atoms with Crippen LogP contribution in [0, 0.1) is 5.92 Å². The fourth-order valence-electron chi connectivity index (χ4n) is 2.56. The molecule has 1 aliphatic rings. The molecule has 7 heteroatoms. The minimum atomic E-state index is -0.607. The number of primary amides is 1. The number of nitrogens with two attached hydrogens (primary N) is 1. The van der Waals surface area contributed by atoms with E-state index in [0.717, 1.165) is 32.5 Å². The molecule has 0 saturated carbocycles. The van der Waals surface area contributed by atoms with Crippen LogP contribution in [0.4, 0.5) is 10.5 Å². The number of amides is 3. The van der Waals surface area contributed by atoms with E-state index in [0.29, 0.717) is 23.9 Å². The van der Waals surface area contributed by atoms with E-state index in [1.54, 1.807) is 12.1 Å². The van der Waals surface area contributed by atoms with Crippen molar-refractivity contribution in [2.45, 2.75) is 19.3 Å². The summed E-state index contributed by atoms with van der Waals surface area (Å²) in [5.41, 5.74) is 6.01. The number of nitrogens with one attached hydrogen (secondary N) is 2. The van der Waals surface area contributed by atoms with Gasteiger partial charge in [0.1, 0.15) is 5.75 Å². The van der Waals surface area contributed by atoms with Gasteiger partial charge < -0.3 is 25.8 Å². The van der Waals surface area contributed by atoms with Crippen LogP contribution < -0.4 is 21.1 Å². The molecule has 4 N–H and O–H groups in total. The zero-order valence-corrected chi connectivity index (χ0v) is 13.3. The van der Waals surface area contributed by atoms with E-state index in [4.69, 9.17) is 15.2 Å². The molecule has 0 radical (unpaired) electrons. The van der Waals surface area contributed by atoms with E-state index in [1.807, 2.05) is 0 Å². The van der Waals surface area contributed by atoms with E-state index in [2.05, 4.69) is 10.6 Å². The third-order valence-electron chi connectivity index (χ3n) is 3.82.